The van der Waals surface area contributed by atoms with Crippen molar-refractivity contribution >= 4 is 5.91 Å². The first-order chi connectivity index (χ1) is 9.70. The van der Waals surface area contributed by atoms with Crippen LogP contribution in [-0.2, 0) is 0 Å². The van der Waals surface area contributed by atoms with E-state index in [1.54, 1.807) is 18.2 Å². The molecule has 1 saturated heterocycles. The number of benzene rings is 1. The zero-order valence-corrected chi connectivity index (χ0v) is 11.7. The second-order valence-electron chi connectivity index (χ2n) is 5.03. The van der Waals surface area contributed by atoms with Gasteiger partial charge in [-0.25, -0.2) is 0 Å². The maximum absolute atomic E-state index is 12.1. The Morgan fingerprint density at radius 1 is 1.55 bits per heavy atom. The average Bonchev–Trinajstić information content (AvgIpc) is 2.88. The zero-order valence-electron chi connectivity index (χ0n) is 11.7. The number of nitrogens with one attached hydrogen (secondary N) is 1. The molecule has 4 heteroatoms. The van der Waals surface area contributed by atoms with Crippen molar-refractivity contribution in [3.8, 4) is 11.8 Å². The van der Waals surface area contributed by atoms with Gasteiger partial charge in [-0.1, -0.05) is 17.9 Å². The van der Waals surface area contributed by atoms with Crippen LogP contribution < -0.4 is 5.32 Å². The van der Waals surface area contributed by atoms with Gasteiger partial charge >= 0.3 is 0 Å². The summed E-state index contributed by atoms with van der Waals surface area (Å²) in [5.41, 5.74) is 1.35. The molecule has 1 amide bonds. The lowest BCUT2D eigenvalue weighted by atomic mass is 10.1. The Labute approximate surface area is 119 Å². The number of likely N-dealkylation sites (N-methyl/N-ethyl adjacent to an activating group) is 1. The number of carbonyl (C=O) groups is 1. The van der Waals surface area contributed by atoms with Crippen LogP contribution in [-0.4, -0.2) is 48.7 Å². The number of hydrogen-bond donors (Lipinski definition) is 2. The number of rotatable bonds is 3. The van der Waals surface area contributed by atoms with Gasteiger partial charge in [0, 0.05) is 23.7 Å². The molecule has 1 heterocycles. The largest absolute Gasteiger partial charge is 0.384 e. The fourth-order valence-electron chi connectivity index (χ4n) is 2.43. The van der Waals surface area contributed by atoms with Gasteiger partial charge in [0.25, 0.3) is 5.91 Å². The number of carbonyl (C=O) groups excluding carboxylic acids is 1. The van der Waals surface area contributed by atoms with Crippen molar-refractivity contribution in [1.29, 1.82) is 0 Å². The van der Waals surface area contributed by atoms with E-state index in [4.69, 9.17) is 5.11 Å². The van der Waals surface area contributed by atoms with Gasteiger partial charge in [-0.15, -0.1) is 0 Å². The maximum Gasteiger partial charge on any atom is 0.251 e. The van der Waals surface area contributed by atoms with E-state index >= 15 is 0 Å². The minimum absolute atomic E-state index is 0.0713. The van der Waals surface area contributed by atoms with E-state index in [0.717, 1.165) is 18.5 Å². The van der Waals surface area contributed by atoms with Crippen molar-refractivity contribution in [3.63, 3.8) is 0 Å². The summed E-state index contributed by atoms with van der Waals surface area (Å²) in [5, 5.41) is 11.7. The lowest BCUT2D eigenvalue weighted by Crippen LogP contribution is -2.38. The third-order valence-electron chi connectivity index (χ3n) is 3.61. The molecule has 106 valence electrons. The molecule has 1 aromatic rings. The van der Waals surface area contributed by atoms with Crippen LogP contribution in [0, 0.1) is 11.8 Å². The predicted molar refractivity (Wildman–Crippen MR) is 78.4 cm³/mol. The Morgan fingerprint density at radius 2 is 2.40 bits per heavy atom. The van der Waals surface area contributed by atoms with Crippen LogP contribution in [0.2, 0.25) is 0 Å². The molecule has 0 aliphatic carbocycles. The monoisotopic (exact) mass is 272 g/mol. The van der Waals surface area contributed by atoms with Gasteiger partial charge in [-0.2, -0.15) is 0 Å². The average molecular weight is 272 g/mol. The molecule has 2 rings (SSSR count). The Morgan fingerprint density at radius 3 is 3.10 bits per heavy atom. The topological polar surface area (TPSA) is 52.6 Å². The van der Waals surface area contributed by atoms with Crippen LogP contribution in [0.1, 0.15) is 28.8 Å². The highest BCUT2D eigenvalue weighted by Gasteiger charge is 2.21. The van der Waals surface area contributed by atoms with E-state index in [1.807, 2.05) is 6.07 Å². The molecule has 1 fully saturated rings. The molecule has 1 unspecified atom stereocenters. The number of amides is 1. The highest BCUT2D eigenvalue weighted by atomic mass is 16.2. The van der Waals surface area contributed by atoms with Gasteiger partial charge in [0.15, 0.2) is 0 Å². The SMILES string of the molecule is CN1CCCC1CNC(=O)c1cccc(C#CCO)c1. The molecule has 2 N–H and O–H groups in total. The van der Waals surface area contributed by atoms with Crippen LogP contribution in [0.3, 0.4) is 0 Å². The smallest absolute Gasteiger partial charge is 0.251 e. The van der Waals surface area contributed by atoms with Crippen molar-refractivity contribution in [2.75, 3.05) is 26.7 Å². The summed E-state index contributed by atoms with van der Waals surface area (Å²) >= 11 is 0. The summed E-state index contributed by atoms with van der Waals surface area (Å²) in [6.45, 7) is 1.61. The lowest BCUT2D eigenvalue weighted by molar-refractivity contribution is 0.0943. The molecular formula is C16H20N2O2. The minimum Gasteiger partial charge on any atom is -0.384 e. The van der Waals surface area contributed by atoms with E-state index in [0.29, 0.717) is 18.2 Å². The minimum atomic E-state index is -0.176. The van der Waals surface area contributed by atoms with Crippen molar-refractivity contribution < 1.29 is 9.90 Å². The van der Waals surface area contributed by atoms with E-state index in [2.05, 4.69) is 29.1 Å². The van der Waals surface area contributed by atoms with Crippen LogP contribution in [0.25, 0.3) is 0 Å². The maximum atomic E-state index is 12.1. The highest BCUT2D eigenvalue weighted by Crippen LogP contribution is 2.13. The first-order valence-electron chi connectivity index (χ1n) is 6.89. The van der Waals surface area contributed by atoms with Gasteiger partial charge in [-0.3, -0.25) is 4.79 Å². The predicted octanol–water partition coefficient (Wildman–Crippen LogP) is 0.854. The molecule has 0 spiro atoms. The highest BCUT2D eigenvalue weighted by molar-refractivity contribution is 5.94. The summed E-state index contributed by atoms with van der Waals surface area (Å²) in [5.74, 6) is 5.31. The van der Waals surface area contributed by atoms with Crippen LogP contribution in [0.15, 0.2) is 24.3 Å². The van der Waals surface area contributed by atoms with Gasteiger partial charge in [0.2, 0.25) is 0 Å². The fourth-order valence-corrected chi connectivity index (χ4v) is 2.43. The van der Waals surface area contributed by atoms with E-state index < -0.39 is 0 Å². The Kier molecular flexibility index (Phi) is 5.16. The Hall–Kier alpha value is -1.83. The first kappa shape index (κ1) is 14.6. The molecule has 20 heavy (non-hydrogen) atoms. The van der Waals surface area contributed by atoms with Crippen molar-refractivity contribution in [2.24, 2.45) is 0 Å². The molecular weight excluding hydrogens is 252 g/mol. The number of aliphatic hydroxyl groups is 1. The number of aliphatic hydroxyl groups excluding tert-OH is 1. The molecule has 1 aliphatic rings. The van der Waals surface area contributed by atoms with Crippen molar-refractivity contribution in [1.82, 2.24) is 10.2 Å². The number of hydrogen-bond acceptors (Lipinski definition) is 3. The van der Waals surface area contributed by atoms with Gasteiger partial charge in [0.05, 0.1) is 0 Å². The summed E-state index contributed by atoms with van der Waals surface area (Å²) < 4.78 is 0. The third kappa shape index (κ3) is 3.83. The Balaban J connectivity index is 1.95. The molecule has 0 radical (unpaired) electrons. The van der Waals surface area contributed by atoms with E-state index in [9.17, 15) is 4.79 Å². The second kappa shape index (κ2) is 7.09. The van der Waals surface area contributed by atoms with Crippen molar-refractivity contribution in [2.45, 2.75) is 18.9 Å². The van der Waals surface area contributed by atoms with Crippen LogP contribution >= 0.6 is 0 Å². The zero-order chi connectivity index (χ0) is 14.4. The van der Waals surface area contributed by atoms with Gasteiger partial charge in [-0.05, 0) is 44.6 Å². The molecule has 0 aromatic heterocycles. The summed E-state index contributed by atoms with van der Waals surface area (Å²) in [4.78, 5) is 14.4. The van der Waals surface area contributed by atoms with Gasteiger partial charge in [0.1, 0.15) is 6.61 Å². The van der Waals surface area contributed by atoms with Crippen LogP contribution in [0.5, 0.6) is 0 Å². The molecule has 0 bridgehead atoms. The molecule has 4 nitrogen and oxygen atoms in total. The summed E-state index contributed by atoms with van der Waals surface area (Å²) in [7, 11) is 2.09. The van der Waals surface area contributed by atoms with Crippen molar-refractivity contribution in [3.05, 3.63) is 35.4 Å². The first-order valence-corrected chi connectivity index (χ1v) is 6.89. The number of likely N-dealkylation sites (tertiary alicyclic amines) is 1. The third-order valence-corrected chi connectivity index (χ3v) is 3.61. The standard InChI is InChI=1S/C16H20N2O2/c1-18-9-3-8-15(18)12-17-16(20)14-7-2-5-13(11-14)6-4-10-19/h2,5,7,11,15,19H,3,8-10,12H2,1H3,(H,17,20). The van der Waals surface area contributed by atoms with E-state index in [-0.39, 0.29) is 12.5 Å². The molecule has 0 saturated carbocycles. The van der Waals surface area contributed by atoms with E-state index in [1.165, 1.54) is 6.42 Å². The summed E-state index contributed by atoms with van der Waals surface area (Å²) in [6, 6.07) is 7.59. The quantitative estimate of drug-likeness (QED) is 0.802. The Bertz CT molecular complexity index is 531. The second-order valence-corrected chi connectivity index (χ2v) is 5.03. The van der Waals surface area contributed by atoms with Crippen LogP contribution in [0.4, 0.5) is 0 Å². The summed E-state index contributed by atoms with van der Waals surface area (Å²) in [6.07, 6.45) is 2.34. The molecule has 1 atom stereocenters. The normalized spacial score (nSPS) is 18.4. The molecule has 1 aromatic carbocycles. The lowest BCUT2D eigenvalue weighted by Gasteiger charge is -2.19. The molecule has 1 aliphatic heterocycles. The number of nitrogens with zero attached hydrogens (tertiary/aromatic N) is 1. The van der Waals surface area contributed by atoms with Gasteiger partial charge < -0.3 is 15.3 Å². The fraction of sp³-hybridized carbons (Fsp3) is 0.438.